The largest absolute Gasteiger partial charge is 0.416 e. The molecule has 0 aromatic heterocycles. The highest BCUT2D eigenvalue weighted by Gasteiger charge is 2.57. The Labute approximate surface area is 147 Å². The molecule has 1 fully saturated rings. The lowest BCUT2D eigenvalue weighted by Gasteiger charge is -2.40. The van der Waals surface area contributed by atoms with Crippen LogP contribution in [-0.2, 0) is 4.43 Å². The van der Waals surface area contributed by atoms with Crippen LogP contribution in [0.25, 0.3) is 0 Å². The summed E-state index contributed by atoms with van der Waals surface area (Å²) in [4.78, 5) is 0. The molecule has 1 N–H and O–H groups in total. The van der Waals surface area contributed by atoms with E-state index in [1.807, 2.05) is 6.92 Å². The number of hydrogen-bond donors (Lipinski definition) is 1. The first-order chi connectivity index (χ1) is 9.74. The van der Waals surface area contributed by atoms with Crippen LogP contribution in [0.15, 0.2) is 10.1 Å². The van der Waals surface area contributed by atoms with E-state index < -0.39 is 13.9 Å². The number of aliphatic hydroxyl groups is 1. The van der Waals surface area contributed by atoms with E-state index in [9.17, 15) is 5.11 Å². The minimum absolute atomic E-state index is 0.0303. The van der Waals surface area contributed by atoms with E-state index in [0.29, 0.717) is 6.61 Å². The van der Waals surface area contributed by atoms with Crippen LogP contribution in [0.2, 0.25) is 18.1 Å². The lowest BCUT2D eigenvalue weighted by Crippen LogP contribution is -2.46. The summed E-state index contributed by atoms with van der Waals surface area (Å²) in [5, 5.41) is 11.2. The Morgan fingerprint density at radius 2 is 1.68 bits per heavy atom. The molecule has 1 atom stereocenters. The van der Waals surface area contributed by atoms with E-state index in [1.165, 1.54) is 10.1 Å². The Balaban J connectivity index is 2.68. The zero-order valence-corrected chi connectivity index (χ0v) is 18.4. The second kappa shape index (κ2) is 6.70. The van der Waals surface area contributed by atoms with Crippen LogP contribution >= 0.6 is 15.9 Å². The van der Waals surface area contributed by atoms with Crippen molar-refractivity contribution in [2.75, 3.05) is 6.61 Å². The van der Waals surface area contributed by atoms with E-state index in [0.717, 1.165) is 25.7 Å². The topological polar surface area (TPSA) is 29.5 Å². The van der Waals surface area contributed by atoms with E-state index in [4.69, 9.17) is 4.43 Å². The molecule has 130 valence electrons. The van der Waals surface area contributed by atoms with Gasteiger partial charge in [0.2, 0.25) is 0 Å². The lowest BCUT2D eigenvalue weighted by atomic mass is 9.82. The molecule has 1 rings (SSSR count). The number of halogens is 1. The molecule has 2 nitrogen and oxygen atoms in total. The summed E-state index contributed by atoms with van der Waals surface area (Å²) in [6.07, 6.45) is 3.86. The molecule has 0 amide bonds. The molecule has 1 aliphatic carbocycles. The average molecular weight is 391 g/mol. The van der Waals surface area contributed by atoms with Gasteiger partial charge < -0.3 is 9.53 Å². The average Bonchev–Trinajstić information content (AvgIpc) is 3.13. The molecule has 0 aliphatic heterocycles. The molecule has 0 aromatic carbocycles. The third kappa shape index (κ3) is 4.68. The van der Waals surface area contributed by atoms with Crippen molar-refractivity contribution < 1.29 is 9.53 Å². The zero-order chi connectivity index (χ0) is 17.4. The van der Waals surface area contributed by atoms with E-state index >= 15 is 0 Å². The number of allylic oxidation sites excluding steroid dienone is 2. The predicted molar refractivity (Wildman–Crippen MR) is 102 cm³/mol. The fraction of sp³-hybridized carbons (Fsp3) is 0.889. The molecule has 1 saturated carbocycles. The number of rotatable bonds is 7. The summed E-state index contributed by atoms with van der Waals surface area (Å²) in [6.45, 7) is 18.3. The Morgan fingerprint density at radius 3 is 2.05 bits per heavy atom. The van der Waals surface area contributed by atoms with Crippen LogP contribution in [0.1, 0.15) is 67.2 Å². The fourth-order valence-electron chi connectivity index (χ4n) is 2.39. The smallest absolute Gasteiger partial charge is 0.192 e. The third-order valence-corrected chi connectivity index (χ3v) is 11.6. The standard InChI is InChI=1S/C18H35BrO2Si/c1-14(2)15(19)9-10-17(6,20)18(11-12-18)13-21-22(7,8)16(3,4)5/h20H,9-13H2,1-8H3. The third-order valence-electron chi connectivity index (χ3n) is 5.89. The molecule has 0 spiro atoms. The second-order valence-corrected chi connectivity index (χ2v) is 14.8. The van der Waals surface area contributed by atoms with Gasteiger partial charge in [-0.3, -0.25) is 0 Å². The summed E-state index contributed by atoms with van der Waals surface area (Å²) in [5.41, 5.74) is 0.611. The van der Waals surface area contributed by atoms with E-state index in [-0.39, 0.29) is 10.5 Å². The summed E-state index contributed by atoms with van der Waals surface area (Å²) >= 11 is 3.62. The van der Waals surface area contributed by atoms with Crippen molar-refractivity contribution in [3.8, 4) is 0 Å². The van der Waals surface area contributed by atoms with Crippen LogP contribution in [0.4, 0.5) is 0 Å². The highest BCUT2D eigenvalue weighted by atomic mass is 79.9. The van der Waals surface area contributed by atoms with Gasteiger partial charge in [0.1, 0.15) is 0 Å². The lowest BCUT2D eigenvalue weighted by molar-refractivity contribution is -0.0434. The second-order valence-electron chi connectivity index (χ2n) is 9.01. The SMILES string of the molecule is CC(C)=C(Br)CCC(C)(O)C1(CO[Si](C)(C)C(C)(C)C)CC1. The van der Waals surface area contributed by atoms with Gasteiger partial charge in [0.05, 0.1) is 5.60 Å². The van der Waals surface area contributed by atoms with Gasteiger partial charge in [-0.2, -0.15) is 0 Å². The van der Waals surface area contributed by atoms with Crippen LogP contribution < -0.4 is 0 Å². The minimum atomic E-state index is -1.75. The Bertz CT molecular complexity index is 425. The molecule has 0 bridgehead atoms. The molecule has 0 heterocycles. The maximum Gasteiger partial charge on any atom is 0.192 e. The van der Waals surface area contributed by atoms with Gasteiger partial charge in [0.15, 0.2) is 8.32 Å². The molecular formula is C18H35BrO2Si. The molecule has 0 saturated heterocycles. The fourth-order valence-corrected chi connectivity index (χ4v) is 3.66. The molecule has 1 unspecified atom stereocenters. The minimum Gasteiger partial charge on any atom is -0.416 e. The Kier molecular flexibility index (Phi) is 6.21. The first-order valence-electron chi connectivity index (χ1n) is 8.42. The monoisotopic (exact) mass is 390 g/mol. The molecule has 4 heteroatoms. The number of hydrogen-bond acceptors (Lipinski definition) is 2. The van der Waals surface area contributed by atoms with Gasteiger partial charge in [-0.05, 0) is 69.1 Å². The van der Waals surface area contributed by atoms with Crippen molar-refractivity contribution in [1.29, 1.82) is 0 Å². The van der Waals surface area contributed by atoms with Crippen LogP contribution in [0, 0.1) is 5.41 Å². The quantitative estimate of drug-likeness (QED) is 0.539. The van der Waals surface area contributed by atoms with E-state index in [2.05, 4.69) is 63.6 Å². The van der Waals surface area contributed by atoms with Gasteiger partial charge in [-0.15, -0.1) is 0 Å². The van der Waals surface area contributed by atoms with Crippen molar-refractivity contribution in [1.82, 2.24) is 0 Å². The van der Waals surface area contributed by atoms with Gasteiger partial charge in [-0.1, -0.05) is 42.3 Å². The molecule has 1 aliphatic rings. The Morgan fingerprint density at radius 1 is 1.18 bits per heavy atom. The van der Waals surface area contributed by atoms with Gasteiger partial charge >= 0.3 is 0 Å². The zero-order valence-electron chi connectivity index (χ0n) is 15.8. The first-order valence-corrected chi connectivity index (χ1v) is 12.1. The summed E-state index contributed by atoms with van der Waals surface area (Å²) in [5.74, 6) is 0. The van der Waals surface area contributed by atoms with Crippen molar-refractivity contribution >= 4 is 24.2 Å². The highest BCUT2D eigenvalue weighted by molar-refractivity contribution is 9.11. The van der Waals surface area contributed by atoms with Crippen LogP contribution in [0.5, 0.6) is 0 Å². The summed E-state index contributed by atoms with van der Waals surface area (Å²) in [7, 11) is -1.75. The molecule has 0 radical (unpaired) electrons. The van der Waals surface area contributed by atoms with Crippen molar-refractivity contribution in [2.24, 2.45) is 5.41 Å². The van der Waals surface area contributed by atoms with Crippen LogP contribution in [-0.4, -0.2) is 25.6 Å². The van der Waals surface area contributed by atoms with Crippen molar-refractivity contribution in [3.05, 3.63) is 10.1 Å². The molecule has 0 aromatic rings. The van der Waals surface area contributed by atoms with Gasteiger partial charge in [-0.25, -0.2) is 0 Å². The van der Waals surface area contributed by atoms with Gasteiger partial charge in [0, 0.05) is 12.0 Å². The van der Waals surface area contributed by atoms with Crippen LogP contribution in [0.3, 0.4) is 0 Å². The Hall–Kier alpha value is 0.357. The summed E-state index contributed by atoms with van der Waals surface area (Å²) < 4.78 is 7.63. The van der Waals surface area contributed by atoms with Crippen molar-refractivity contribution in [3.63, 3.8) is 0 Å². The molecule has 22 heavy (non-hydrogen) atoms. The predicted octanol–water partition coefficient (Wildman–Crippen LogP) is 6.01. The summed E-state index contributed by atoms with van der Waals surface area (Å²) in [6, 6.07) is 0. The maximum atomic E-state index is 11.0. The van der Waals surface area contributed by atoms with E-state index in [1.54, 1.807) is 0 Å². The normalized spacial score (nSPS) is 20.5. The maximum absolute atomic E-state index is 11.0. The van der Waals surface area contributed by atoms with Gasteiger partial charge in [0.25, 0.3) is 0 Å². The van der Waals surface area contributed by atoms with Crippen molar-refractivity contribution in [2.45, 2.75) is 91.0 Å². The first kappa shape index (κ1) is 20.4. The highest BCUT2D eigenvalue weighted by Crippen LogP contribution is 2.57. The molecular weight excluding hydrogens is 356 g/mol.